The van der Waals surface area contributed by atoms with Crippen LogP contribution in [0.15, 0.2) is 42.5 Å². The molecular weight excluding hydrogens is 242 g/mol. The van der Waals surface area contributed by atoms with Gasteiger partial charge in [-0.3, -0.25) is 14.9 Å². The van der Waals surface area contributed by atoms with Gasteiger partial charge in [0.1, 0.15) is 0 Å². The highest BCUT2D eigenvalue weighted by Crippen LogP contribution is 2.19. The van der Waals surface area contributed by atoms with Gasteiger partial charge in [-0.15, -0.1) is 0 Å². The first-order chi connectivity index (χ1) is 9.00. The maximum absolute atomic E-state index is 12.3. The van der Waals surface area contributed by atoms with E-state index in [1.54, 1.807) is 6.07 Å². The molecule has 0 fully saturated rings. The van der Waals surface area contributed by atoms with E-state index in [1.165, 1.54) is 24.3 Å². The quantitative estimate of drug-likeness (QED) is 0.479. The van der Waals surface area contributed by atoms with Crippen LogP contribution >= 0.6 is 0 Å². The van der Waals surface area contributed by atoms with E-state index in [-0.39, 0.29) is 11.5 Å². The highest BCUT2D eigenvalue weighted by Gasteiger charge is 2.14. The number of benzene rings is 2. The molecule has 0 radical (unpaired) electrons. The molecule has 0 bridgehead atoms. The van der Waals surface area contributed by atoms with E-state index in [0.717, 1.165) is 11.1 Å². The Labute approximate surface area is 110 Å². The summed E-state index contributed by atoms with van der Waals surface area (Å²) in [5.74, 6) is -0.115. The average molecular weight is 255 g/mol. The molecule has 0 saturated carbocycles. The van der Waals surface area contributed by atoms with Crippen LogP contribution in [0.25, 0.3) is 0 Å². The van der Waals surface area contributed by atoms with Crippen LogP contribution in [0.1, 0.15) is 27.0 Å². The van der Waals surface area contributed by atoms with Crippen molar-refractivity contribution in [3.63, 3.8) is 0 Å². The SMILES string of the molecule is Cc1cccc(C(=O)c2ccc([N+](=O)[O-])cc2)c1C. The van der Waals surface area contributed by atoms with Gasteiger partial charge in [-0.25, -0.2) is 0 Å². The number of nitro groups is 1. The first-order valence-corrected chi connectivity index (χ1v) is 5.86. The van der Waals surface area contributed by atoms with Crippen molar-refractivity contribution in [2.45, 2.75) is 13.8 Å². The number of carbonyl (C=O) groups excluding carboxylic acids is 1. The molecule has 0 aliphatic rings. The third-order valence-corrected chi connectivity index (χ3v) is 3.19. The number of rotatable bonds is 3. The lowest BCUT2D eigenvalue weighted by Gasteiger charge is -2.07. The number of ketones is 1. The first kappa shape index (κ1) is 13.0. The van der Waals surface area contributed by atoms with E-state index in [0.29, 0.717) is 11.1 Å². The number of hydrogen-bond acceptors (Lipinski definition) is 3. The van der Waals surface area contributed by atoms with Crippen molar-refractivity contribution in [1.29, 1.82) is 0 Å². The van der Waals surface area contributed by atoms with Crippen LogP contribution in [-0.4, -0.2) is 10.7 Å². The van der Waals surface area contributed by atoms with Crippen molar-refractivity contribution >= 4 is 11.5 Å². The molecule has 0 heterocycles. The Balaban J connectivity index is 2.39. The zero-order chi connectivity index (χ0) is 14.0. The van der Waals surface area contributed by atoms with Gasteiger partial charge in [-0.2, -0.15) is 0 Å². The predicted molar refractivity (Wildman–Crippen MR) is 72.4 cm³/mol. The Bertz CT molecular complexity index is 645. The van der Waals surface area contributed by atoms with Crippen molar-refractivity contribution in [2.24, 2.45) is 0 Å². The lowest BCUT2D eigenvalue weighted by Crippen LogP contribution is -2.04. The smallest absolute Gasteiger partial charge is 0.269 e. The summed E-state index contributed by atoms with van der Waals surface area (Å²) < 4.78 is 0. The highest BCUT2D eigenvalue weighted by atomic mass is 16.6. The number of nitrogens with zero attached hydrogens (tertiary/aromatic N) is 1. The molecule has 2 aromatic rings. The van der Waals surface area contributed by atoms with Crippen LogP contribution in [0.2, 0.25) is 0 Å². The molecular formula is C15H13NO3. The summed E-state index contributed by atoms with van der Waals surface area (Å²) in [6.45, 7) is 3.84. The molecule has 0 N–H and O–H groups in total. The van der Waals surface area contributed by atoms with E-state index in [4.69, 9.17) is 0 Å². The molecule has 19 heavy (non-hydrogen) atoms. The molecule has 2 aromatic carbocycles. The molecule has 0 saturated heterocycles. The van der Waals surface area contributed by atoms with Gasteiger partial charge in [0.05, 0.1) is 4.92 Å². The van der Waals surface area contributed by atoms with Gasteiger partial charge in [0, 0.05) is 23.3 Å². The second kappa shape index (κ2) is 5.02. The van der Waals surface area contributed by atoms with E-state index in [9.17, 15) is 14.9 Å². The summed E-state index contributed by atoms with van der Waals surface area (Å²) in [4.78, 5) is 22.4. The average Bonchev–Trinajstić information content (AvgIpc) is 2.41. The molecule has 4 heteroatoms. The van der Waals surface area contributed by atoms with Gasteiger partial charge in [-0.1, -0.05) is 18.2 Å². The number of aryl methyl sites for hydroxylation is 1. The topological polar surface area (TPSA) is 60.2 Å². The summed E-state index contributed by atoms with van der Waals surface area (Å²) in [5, 5.41) is 10.6. The fraction of sp³-hybridized carbons (Fsp3) is 0.133. The number of nitro benzene ring substituents is 1. The van der Waals surface area contributed by atoms with Crippen molar-refractivity contribution in [3.8, 4) is 0 Å². The fourth-order valence-corrected chi connectivity index (χ4v) is 1.89. The molecule has 0 amide bonds. The highest BCUT2D eigenvalue weighted by molar-refractivity contribution is 6.10. The van der Waals surface area contributed by atoms with Gasteiger partial charge in [0.2, 0.25) is 0 Å². The number of hydrogen-bond donors (Lipinski definition) is 0. The second-order valence-electron chi connectivity index (χ2n) is 4.38. The van der Waals surface area contributed by atoms with Gasteiger partial charge in [0.15, 0.2) is 5.78 Å². The zero-order valence-corrected chi connectivity index (χ0v) is 10.7. The van der Waals surface area contributed by atoms with E-state index in [1.807, 2.05) is 26.0 Å². The summed E-state index contributed by atoms with van der Waals surface area (Å²) in [6.07, 6.45) is 0. The van der Waals surface area contributed by atoms with Crippen molar-refractivity contribution < 1.29 is 9.72 Å². The molecule has 2 rings (SSSR count). The van der Waals surface area contributed by atoms with E-state index in [2.05, 4.69) is 0 Å². The van der Waals surface area contributed by atoms with Crippen molar-refractivity contribution in [3.05, 3.63) is 74.8 Å². The minimum atomic E-state index is -0.480. The first-order valence-electron chi connectivity index (χ1n) is 5.86. The van der Waals surface area contributed by atoms with Crippen LogP contribution in [0, 0.1) is 24.0 Å². The molecule has 4 nitrogen and oxygen atoms in total. The molecule has 0 atom stereocenters. The normalized spacial score (nSPS) is 10.2. The maximum atomic E-state index is 12.3. The van der Waals surface area contributed by atoms with Gasteiger partial charge < -0.3 is 0 Å². The summed E-state index contributed by atoms with van der Waals surface area (Å²) in [6, 6.07) is 11.2. The zero-order valence-electron chi connectivity index (χ0n) is 10.7. The Kier molecular flexibility index (Phi) is 3.42. The van der Waals surface area contributed by atoms with Crippen LogP contribution in [-0.2, 0) is 0 Å². The molecule has 96 valence electrons. The van der Waals surface area contributed by atoms with Gasteiger partial charge in [0.25, 0.3) is 5.69 Å². The minimum Gasteiger partial charge on any atom is -0.289 e. The van der Waals surface area contributed by atoms with Crippen molar-refractivity contribution in [1.82, 2.24) is 0 Å². The third kappa shape index (κ3) is 2.52. The third-order valence-electron chi connectivity index (χ3n) is 3.19. The number of carbonyl (C=O) groups is 1. The Morgan fingerprint density at radius 2 is 1.68 bits per heavy atom. The standard InChI is InChI=1S/C15H13NO3/c1-10-4-3-5-14(11(10)2)15(17)12-6-8-13(9-7-12)16(18)19/h3-9H,1-2H3. The predicted octanol–water partition coefficient (Wildman–Crippen LogP) is 3.44. The lowest BCUT2D eigenvalue weighted by atomic mass is 9.96. The van der Waals surface area contributed by atoms with Crippen LogP contribution in [0.3, 0.4) is 0 Å². The fourth-order valence-electron chi connectivity index (χ4n) is 1.89. The van der Waals surface area contributed by atoms with Gasteiger partial charge >= 0.3 is 0 Å². The second-order valence-corrected chi connectivity index (χ2v) is 4.38. The maximum Gasteiger partial charge on any atom is 0.269 e. The van der Waals surface area contributed by atoms with E-state index >= 15 is 0 Å². The number of non-ortho nitro benzene ring substituents is 1. The molecule has 0 aliphatic heterocycles. The van der Waals surface area contributed by atoms with Crippen molar-refractivity contribution in [2.75, 3.05) is 0 Å². The monoisotopic (exact) mass is 255 g/mol. The Hall–Kier alpha value is -2.49. The van der Waals surface area contributed by atoms with Crippen LogP contribution in [0.5, 0.6) is 0 Å². The Morgan fingerprint density at radius 1 is 1.05 bits per heavy atom. The summed E-state index contributed by atoms with van der Waals surface area (Å²) in [7, 11) is 0. The summed E-state index contributed by atoms with van der Waals surface area (Å²) in [5.41, 5.74) is 3.06. The van der Waals surface area contributed by atoms with Gasteiger partial charge in [-0.05, 0) is 37.1 Å². The lowest BCUT2D eigenvalue weighted by molar-refractivity contribution is -0.384. The molecule has 0 aliphatic carbocycles. The molecule has 0 unspecified atom stereocenters. The largest absolute Gasteiger partial charge is 0.289 e. The molecule has 0 aromatic heterocycles. The van der Waals surface area contributed by atoms with Crippen LogP contribution < -0.4 is 0 Å². The molecule has 0 spiro atoms. The minimum absolute atomic E-state index is 0.0162. The van der Waals surface area contributed by atoms with E-state index < -0.39 is 4.92 Å². The Morgan fingerprint density at radius 3 is 2.26 bits per heavy atom. The van der Waals surface area contributed by atoms with Crippen LogP contribution in [0.4, 0.5) is 5.69 Å². The summed E-state index contributed by atoms with van der Waals surface area (Å²) >= 11 is 0.